The normalized spacial score (nSPS) is 22.1. The number of nitrogens with one attached hydrogen (secondary N) is 1. The van der Waals surface area contributed by atoms with Gasteiger partial charge in [0.2, 0.25) is 5.95 Å². The maximum Gasteiger partial charge on any atom is 0.225 e. The molecule has 3 rings (SSSR count). The molecular formula is C18H32IN7. The zero-order valence-corrected chi connectivity index (χ0v) is 18.3. The van der Waals surface area contributed by atoms with E-state index in [0.29, 0.717) is 6.04 Å². The van der Waals surface area contributed by atoms with Crippen molar-refractivity contribution in [2.45, 2.75) is 32.2 Å². The largest absolute Gasteiger partial charge is 0.355 e. The van der Waals surface area contributed by atoms with E-state index in [1.54, 1.807) is 12.4 Å². The fourth-order valence-corrected chi connectivity index (χ4v) is 3.71. The summed E-state index contributed by atoms with van der Waals surface area (Å²) in [5.41, 5.74) is 0. The Morgan fingerprint density at radius 1 is 1.15 bits per heavy atom. The van der Waals surface area contributed by atoms with Crippen molar-refractivity contribution in [3.8, 4) is 0 Å². The second-order valence-electron chi connectivity index (χ2n) is 6.88. The Hall–Kier alpha value is -1.16. The summed E-state index contributed by atoms with van der Waals surface area (Å²) >= 11 is 0. The Morgan fingerprint density at radius 2 is 1.88 bits per heavy atom. The van der Waals surface area contributed by atoms with Crippen molar-refractivity contribution >= 4 is 35.9 Å². The standard InChI is InChI=1S/C18H31N7.HI/c1-16-6-3-4-10-23(16)11-9-22-17(19-2)24-12-14-25(15-13-24)18-20-7-5-8-21-18;/h5,7-8,16H,3-4,6,9-15H2,1-2H3,(H,19,22);1H. The first kappa shape index (κ1) is 21.1. The van der Waals surface area contributed by atoms with Crippen LogP contribution in [0, 0.1) is 0 Å². The molecule has 0 radical (unpaired) electrons. The van der Waals surface area contributed by atoms with Gasteiger partial charge < -0.3 is 15.1 Å². The van der Waals surface area contributed by atoms with E-state index in [9.17, 15) is 0 Å². The van der Waals surface area contributed by atoms with Crippen LogP contribution in [-0.4, -0.2) is 84.6 Å². The molecule has 2 saturated heterocycles. The lowest BCUT2D eigenvalue weighted by atomic mass is 10.0. The van der Waals surface area contributed by atoms with Gasteiger partial charge >= 0.3 is 0 Å². The van der Waals surface area contributed by atoms with Crippen molar-refractivity contribution in [3.63, 3.8) is 0 Å². The second-order valence-corrected chi connectivity index (χ2v) is 6.88. The number of anilines is 1. The number of rotatable bonds is 4. The summed E-state index contributed by atoms with van der Waals surface area (Å²) < 4.78 is 0. The van der Waals surface area contributed by atoms with Gasteiger partial charge in [0.1, 0.15) is 0 Å². The van der Waals surface area contributed by atoms with Crippen LogP contribution in [0.1, 0.15) is 26.2 Å². The molecule has 8 heteroatoms. The number of piperazine rings is 1. The highest BCUT2D eigenvalue weighted by Crippen LogP contribution is 2.15. The molecule has 146 valence electrons. The highest BCUT2D eigenvalue weighted by molar-refractivity contribution is 14.0. The number of halogens is 1. The van der Waals surface area contributed by atoms with Gasteiger partial charge in [-0.05, 0) is 32.4 Å². The van der Waals surface area contributed by atoms with Crippen LogP contribution in [0.15, 0.2) is 23.5 Å². The summed E-state index contributed by atoms with van der Waals surface area (Å²) in [6, 6.07) is 2.57. The number of aromatic nitrogens is 2. The van der Waals surface area contributed by atoms with E-state index in [4.69, 9.17) is 0 Å². The van der Waals surface area contributed by atoms with Crippen molar-refractivity contribution in [3.05, 3.63) is 18.5 Å². The molecule has 1 aromatic heterocycles. The molecule has 1 atom stereocenters. The van der Waals surface area contributed by atoms with Crippen LogP contribution in [-0.2, 0) is 0 Å². The lowest BCUT2D eigenvalue weighted by molar-refractivity contribution is 0.163. The summed E-state index contributed by atoms with van der Waals surface area (Å²) in [7, 11) is 1.87. The molecule has 0 saturated carbocycles. The van der Waals surface area contributed by atoms with E-state index in [2.05, 4.69) is 41.9 Å². The summed E-state index contributed by atoms with van der Waals surface area (Å²) in [6.45, 7) is 9.37. The van der Waals surface area contributed by atoms with E-state index in [0.717, 1.165) is 51.2 Å². The van der Waals surface area contributed by atoms with Crippen molar-refractivity contribution in [2.24, 2.45) is 4.99 Å². The average molecular weight is 473 g/mol. The predicted molar refractivity (Wildman–Crippen MR) is 117 cm³/mol. The van der Waals surface area contributed by atoms with E-state index >= 15 is 0 Å². The third-order valence-corrected chi connectivity index (χ3v) is 5.25. The highest BCUT2D eigenvalue weighted by atomic mass is 127. The summed E-state index contributed by atoms with van der Waals surface area (Å²) in [5, 5.41) is 3.55. The molecule has 3 heterocycles. The van der Waals surface area contributed by atoms with Crippen LogP contribution in [0.4, 0.5) is 5.95 Å². The molecule has 2 aliphatic heterocycles. The zero-order valence-electron chi connectivity index (χ0n) is 16.0. The van der Waals surface area contributed by atoms with Crippen LogP contribution in [0.5, 0.6) is 0 Å². The van der Waals surface area contributed by atoms with Crippen molar-refractivity contribution in [1.82, 2.24) is 25.1 Å². The molecule has 7 nitrogen and oxygen atoms in total. The van der Waals surface area contributed by atoms with Crippen LogP contribution in [0.3, 0.4) is 0 Å². The first-order chi connectivity index (χ1) is 12.3. The summed E-state index contributed by atoms with van der Waals surface area (Å²) in [6.07, 6.45) is 7.65. The van der Waals surface area contributed by atoms with E-state index in [-0.39, 0.29) is 24.0 Å². The number of aliphatic imine (C=N–C) groups is 1. The minimum atomic E-state index is 0. The van der Waals surface area contributed by atoms with Crippen molar-refractivity contribution in [2.75, 3.05) is 57.8 Å². The van der Waals surface area contributed by atoms with E-state index < -0.39 is 0 Å². The smallest absolute Gasteiger partial charge is 0.225 e. The van der Waals surface area contributed by atoms with Gasteiger partial charge in [0, 0.05) is 64.8 Å². The molecule has 0 spiro atoms. The Balaban J connectivity index is 0.00000243. The minimum absolute atomic E-state index is 0. The number of hydrogen-bond acceptors (Lipinski definition) is 5. The Bertz CT molecular complexity index is 546. The molecule has 1 N–H and O–H groups in total. The predicted octanol–water partition coefficient (Wildman–Crippen LogP) is 1.67. The van der Waals surface area contributed by atoms with Gasteiger partial charge in [0.15, 0.2) is 5.96 Å². The number of guanidine groups is 1. The Kier molecular flexibility index (Phi) is 8.83. The third kappa shape index (κ3) is 5.67. The molecule has 1 aromatic rings. The number of likely N-dealkylation sites (tertiary alicyclic amines) is 1. The number of nitrogens with zero attached hydrogens (tertiary/aromatic N) is 6. The van der Waals surface area contributed by atoms with Crippen LogP contribution in [0.25, 0.3) is 0 Å². The van der Waals surface area contributed by atoms with E-state index in [1.165, 1.54) is 25.8 Å². The number of hydrogen-bond donors (Lipinski definition) is 1. The fraction of sp³-hybridized carbons (Fsp3) is 0.722. The van der Waals surface area contributed by atoms with Gasteiger partial charge in [0.25, 0.3) is 0 Å². The van der Waals surface area contributed by atoms with Gasteiger partial charge in [-0.25, -0.2) is 9.97 Å². The molecule has 0 aromatic carbocycles. The van der Waals surface area contributed by atoms with Crippen molar-refractivity contribution < 1.29 is 0 Å². The Morgan fingerprint density at radius 3 is 2.54 bits per heavy atom. The van der Waals surface area contributed by atoms with Gasteiger partial charge in [-0.2, -0.15) is 0 Å². The Labute approximate surface area is 174 Å². The summed E-state index contributed by atoms with van der Waals surface area (Å²) in [4.78, 5) is 20.3. The molecule has 26 heavy (non-hydrogen) atoms. The molecular weight excluding hydrogens is 441 g/mol. The fourth-order valence-electron chi connectivity index (χ4n) is 3.71. The maximum atomic E-state index is 4.47. The zero-order chi connectivity index (χ0) is 17.5. The molecule has 0 bridgehead atoms. The van der Waals surface area contributed by atoms with Crippen LogP contribution < -0.4 is 10.2 Å². The topological polar surface area (TPSA) is 59.9 Å². The lowest BCUT2D eigenvalue weighted by Gasteiger charge is -2.37. The van der Waals surface area contributed by atoms with Crippen LogP contribution >= 0.6 is 24.0 Å². The highest BCUT2D eigenvalue weighted by Gasteiger charge is 2.22. The molecule has 2 aliphatic rings. The van der Waals surface area contributed by atoms with Gasteiger partial charge in [-0.15, -0.1) is 24.0 Å². The second kappa shape index (κ2) is 10.9. The lowest BCUT2D eigenvalue weighted by Crippen LogP contribution is -2.54. The number of piperidine rings is 1. The van der Waals surface area contributed by atoms with Gasteiger partial charge in [0.05, 0.1) is 0 Å². The first-order valence-electron chi connectivity index (χ1n) is 9.49. The monoisotopic (exact) mass is 473 g/mol. The SMILES string of the molecule is CN=C(NCCN1CCCCC1C)N1CCN(c2ncccn2)CC1.I. The minimum Gasteiger partial charge on any atom is -0.355 e. The molecule has 0 amide bonds. The van der Waals surface area contributed by atoms with E-state index in [1.807, 2.05) is 13.1 Å². The molecule has 0 aliphatic carbocycles. The first-order valence-corrected chi connectivity index (χ1v) is 9.49. The third-order valence-electron chi connectivity index (χ3n) is 5.25. The molecule has 2 fully saturated rings. The quantitative estimate of drug-likeness (QED) is 0.408. The molecule has 1 unspecified atom stereocenters. The summed E-state index contributed by atoms with van der Waals surface area (Å²) in [5.74, 6) is 1.84. The average Bonchev–Trinajstić information content (AvgIpc) is 2.67. The van der Waals surface area contributed by atoms with Crippen molar-refractivity contribution in [1.29, 1.82) is 0 Å². The maximum absolute atomic E-state index is 4.47. The van der Waals surface area contributed by atoms with Crippen LogP contribution in [0.2, 0.25) is 0 Å². The van der Waals surface area contributed by atoms with Gasteiger partial charge in [-0.1, -0.05) is 6.42 Å². The van der Waals surface area contributed by atoms with Gasteiger partial charge in [-0.3, -0.25) is 9.89 Å².